The fourth-order valence-corrected chi connectivity index (χ4v) is 3.44. The smallest absolute Gasteiger partial charge is 0.263 e. The van der Waals surface area contributed by atoms with Gasteiger partial charge in [-0.1, -0.05) is 25.4 Å². The molecule has 0 fully saturated rings. The second-order valence-corrected chi connectivity index (χ2v) is 7.82. The number of nitrogens with one attached hydrogen (secondary N) is 1. The van der Waals surface area contributed by atoms with Crippen LogP contribution in [0.25, 0.3) is 0 Å². The molecular formula is C18H24ClN3O2S. The number of hydrogen-bond donors (Lipinski definition) is 2. The van der Waals surface area contributed by atoms with E-state index in [0.717, 1.165) is 11.4 Å². The molecular weight excluding hydrogens is 358 g/mol. The van der Waals surface area contributed by atoms with Gasteiger partial charge in [0.25, 0.3) is 5.91 Å². The lowest BCUT2D eigenvalue weighted by molar-refractivity contribution is 0.0937. The van der Waals surface area contributed by atoms with Crippen molar-refractivity contribution in [1.82, 2.24) is 10.3 Å². The molecule has 0 aliphatic heterocycles. The van der Waals surface area contributed by atoms with E-state index in [4.69, 9.17) is 22.1 Å². The first-order valence-corrected chi connectivity index (χ1v) is 9.44. The Morgan fingerprint density at radius 2 is 2.04 bits per heavy atom. The third kappa shape index (κ3) is 5.99. The highest BCUT2D eigenvalue weighted by atomic mass is 35.5. The van der Waals surface area contributed by atoms with Crippen LogP contribution in [0.15, 0.2) is 24.3 Å². The first-order chi connectivity index (χ1) is 11.9. The van der Waals surface area contributed by atoms with E-state index < -0.39 is 0 Å². The van der Waals surface area contributed by atoms with Crippen LogP contribution >= 0.6 is 22.9 Å². The number of thiazole rings is 1. The third-order valence-corrected chi connectivity index (χ3v) is 4.98. The number of benzene rings is 1. The summed E-state index contributed by atoms with van der Waals surface area (Å²) >= 11 is 7.20. The lowest BCUT2D eigenvalue weighted by Gasteiger charge is -2.18. The molecule has 0 saturated heterocycles. The van der Waals surface area contributed by atoms with Gasteiger partial charge in [0, 0.05) is 17.6 Å². The number of carbonyl (C=O) groups is 1. The van der Waals surface area contributed by atoms with Gasteiger partial charge in [-0.25, -0.2) is 4.98 Å². The fourth-order valence-electron chi connectivity index (χ4n) is 2.43. The zero-order valence-corrected chi connectivity index (χ0v) is 16.3. The van der Waals surface area contributed by atoms with E-state index in [-0.39, 0.29) is 11.9 Å². The Morgan fingerprint density at radius 1 is 1.36 bits per heavy atom. The lowest BCUT2D eigenvalue weighted by atomic mass is 10.0. The van der Waals surface area contributed by atoms with E-state index in [0.29, 0.717) is 40.4 Å². The molecule has 0 spiro atoms. The molecule has 1 amide bonds. The van der Waals surface area contributed by atoms with Crippen molar-refractivity contribution in [2.75, 3.05) is 6.54 Å². The Labute approximate surface area is 157 Å². The minimum Gasteiger partial charge on any atom is -0.486 e. The maximum Gasteiger partial charge on any atom is 0.263 e. The molecule has 25 heavy (non-hydrogen) atoms. The summed E-state index contributed by atoms with van der Waals surface area (Å²) in [4.78, 5) is 17.5. The summed E-state index contributed by atoms with van der Waals surface area (Å²) in [6.07, 6.45) is 0.854. The fraction of sp³-hybridized carbons (Fsp3) is 0.444. The van der Waals surface area contributed by atoms with Crippen LogP contribution in [-0.2, 0) is 6.61 Å². The molecule has 7 heteroatoms. The first-order valence-electron chi connectivity index (χ1n) is 8.24. The monoisotopic (exact) mass is 381 g/mol. The Kier molecular flexibility index (Phi) is 7.23. The van der Waals surface area contributed by atoms with E-state index in [1.54, 1.807) is 24.3 Å². The largest absolute Gasteiger partial charge is 0.486 e. The van der Waals surface area contributed by atoms with Crippen LogP contribution in [0.2, 0.25) is 5.02 Å². The third-order valence-electron chi connectivity index (χ3n) is 3.60. The van der Waals surface area contributed by atoms with E-state index in [9.17, 15) is 4.79 Å². The number of aryl methyl sites for hydroxylation is 1. The Balaban J connectivity index is 1.98. The van der Waals surface area contributed by atoms with E-state index >= 15 is 0 Å². The quantitative estimate of drug-likeness (QED) is 0.729. The highest BCUT2D eigenvalue weighted by Crippen LogP contribution is 2.21. The number of amides is 1. The number of ether oxygens (including phenoxy) is 1. The summed E-state index contributed by atoms with van der Waals surface area (Å²) in [6, 6.07) is 7.11. The molecule has 1 aromatic carbocycles. The second kappa shape index (κ2) is 9.17. The van der Waals surface area contributed by atoms with Gasteiger partial charge in [-0.3, -0.25) is 4.79 Å². The normalized spacial score (nSPS) is 12.2. The van der Waals surface area contributed by atoms with Gasteiger partial charge in [-0.05, 0) is 43.5 Å². The van der Waals surface area contributed by atoms with Gasteiger partial charge in [-0.15, -0.1) is 11.3 Å². The minimum absolute atomic E-state index is 0.0252. The van der Waals surface area contributed by atoms with Gasteiger partial charge in [0.1, 0.15) is 22.2 Å². The average Bonchev–Trinajstić information content (AvgIpc) is 2.94. The van der Waals surface area contributed by atoms with Crippen molar-refractivity contribution in [2.24, 2.45) is 11.7 Å². The summed E-state index contributed by atoms with van der Waals surface area (Å²) in [7, 11) is 0. The summed E-state index contributed by atoms with van der Waals surface area (Å²) in [5, 5.41) is 4.41. The molecule has 1 atom stereocenters. The zero-order chi connectivity index (χ0) is 18.4. The molecule has 1 unspecified atom stereocenters. The van der Waals surface area contributed by atoms with Crippen LogP contribution in [0.5, 0.6) is 5.75 Å². The van der Waals surface area contributed by atoms with Crippen molar-refractivity contribution in [1.29, 1.82) is 0 Å². The van der Waals surface area contributed by atoms with Gasteiger partial charge in [-0.2, -0.15) is 0 Å². The Morgan fingerprint density at radius 3 is 2.64 bits per heavy atom. The molecule has 136 valence electrons. The maximum absolute atomic E-state index is 12.5. The van der Waals surface area contributed by atoms with Crippen LogP contribution in [0.4, 0.5) is 0 Å². The standard InChI is InChI=1S/C18H24ClN3O2S/c1-11(2)8-14(9-20)22-18(23)17-12(3)21-16(25-17)10-24-15-6-4-13(19)5-7-15/h4-7,11,14H,8-10,20H2,1-3H3,(H,22,23). The van der Waals surface area contributed by atoms with Crippen molar-refractivity contribution in [3.8, 4) is 5.75 Å². The highest BCUT2D eigenvalue weighted by molar-refractivity contribution is 7.13. The first kappa shape index (κ1) is 19.7. The molecule has 5 nitrogen and oxygen atoms in total. The molecule has 2 rings (SSSR count). The number of hydrogen-bond acceptors (Lipinski definition) is 5. The summed E-state index contributed by atoms with van der Waals surface area (Å²) in [6.45, 7) is 6.79. The van der Waals surface area contributed by atoms with Gasteiger partial charge in [0.2, 0.25) is 0 Å². The van der Waals surface area contributed by atoms with Gasteiger partial charge in [0.05, 0.1) is 5.69 Å². The molecule has 0 aliphatic carbocycles. The van der Waals surface area contributed by atoms with Crippen molar-refractivity contribution in [3.05, 3.63) is 44.9 Å². The average molecular weight is 382 g/mol. The number of rotatable bonds is 8. The summed E-state index contributed by atoms with van der Waals surface area (Å²) in [5.41, 5.74) is 6.46. The van der Waals surface area contributed by atoms with Crippen LogP contribution < -0.4 is 15.8 Å². The second-order valence-electron chi connectivity index (χ2n) is 6.30. The van der Waals surface area contributed by atoms with E-state index in [2.05, 4.69) is 24.1 Å². The molecule has 0 aliphatic rings. The number of nitrogens with two attached hydrogens (primary N) is 1. The molecule has 3 N–H and O–H groups in total. The molecule has 0 radical (unpaired) electrons. The number of carbonyl (C=O) groups excluding carboxylic acids is 1. The molecule has 0 bridgehead atoms. The lowest BCUT2D eigenvalue weighted by Crippen LogP contribution is -2.41. The number of nitrogens with zero attached hydrogens (tertiary/aromatic N) is 1. The topological polar surface area (TPSA) is 77.2 Å². The predicted molar refractivity (Wildman–Crippen MR) is 102 cm³/mol. The SMILES string of the molecule is Cc1nc(COc2ccc(Cl)cc2)sc1C(=O)NC(CN)CC(C)C. The maximum atomic E-state index is 12.5. The molecule has 1 aromatic heterocycles. The van der Waals surface area contributed by atoms with Gasteiger partial charge in [0.15, 0.2) is 0 Å². The highest BCUT2D eigenvalue weighted by Gasteiger charge is 2.19. The summed E-state index contributed by atoms with van der Waals surface area (Å²) < 4.78 is 5.69. The van der Waals surface area contributed by atoms with E-state index in [1.807, 2.05) is 6.92 Å². The van der Waals surface area contributed by atoms with Crippen molar-refractivity contribution in [3.63, 3.8) is 0 Å². The van der Waals surface area contributed by atoms with Crippen molar-refractivity contribution in [2.45, 2.75) is 39.8 Å². The van der Waals surface area contributed by atoms with Crippen LogP contribution in [0.1, 0.15) is 40.6 Å². The molecule has 2 aromatic rings. The van der Waals surface area contributed by atoms with Crippen molar-refractivity contribution >= 4 is 28.8 Å². The number of halogens is 1. The van der Waals surface area contributed by atoms with Crippen LogP contribution in [0.3, 0.4) is 0 Å². The minimum atomic E-state index is -0.121. The van der Waals surface area contributed by atoms with Crippen LogP contribution in [0, 0.1) is 12.8 Å². The van der Waals surface area contributed by atoms with Gasteiger partial charge < -0.3 is 15.8 Å². The van der Waals surface area contributed by atoms with E-state index in [1.165, 1.54) is 11.3 Å². The van der Waals surface area contributed by atoms with Crippen LogP contribution in [-0.4, -0.2) is 23.5 Å². The van der Waals surface area contributed by atoms with Crippen molar-refractivity contribution < 1.29 is 9.53 Å². The number of aromatic nitrogens is 1. The zero-order valence-electron chi connectivity index (χ0n) is 14.7. The molecule has 1 heterocycles. The Hall–Kier alpha value is -1.63. The van der Waals surface area contributed by atoms with Gasteiger partial charge >= 0.3 is 0 Å². The Bertz CT molecular complexity index is 701. The predicted octanol–water partition coefficient (Wildman–Crippen LogP) is 3.79. The molecule has 0 saturated carbocycles. The summed E-state index contributed by atoms with van der Waals surface area (Å²) in [5.74, 6) is 1.06.